The number of benzene rings is 2. The minimum absolute atomic E-state index is 0.773. The summed E-state index contributed by atoms with van der Waals surface area (Å²) in [6.07, 6.45) is 1.83. The minimum Gasteiger partial charge on any atom is -0.497 e. The number of ether oxygens (including phenoxy) is 2. The Labute approximate surface area is 179 Å². The Hall–Kier alpha value is -3.87. The lowest BCUT2D eigenvalue weighted by molar-refractivity contribution is 0.414. The van der Waals surface area contributed by atoms with Crippen molar-refractivity contribution in [2.75, 3.05) is 14.2 Å². The largest absolute Gasteiger partial charge is 0.497 e. The first-order valence-corrected chi connectivity index (χ1v) is 10.0. The number of hydrogen-bond donors (Lipinski definition) is 1. The van der Waals surface area contributed by atoms with Crippen molar-refractivity contribution in [3.63, 3.8) is 0 Å². The molecule has 0 atom stereocenters. The second-order valence-corrected chi connectivity index (χ2v) is 7.56. The summed E-state index contributed by atoms with van der Waals surface area (Å²) in [4.78, 5) is 9.46. The molecule has 156 valence electrons. The van der Waals surface area contributed by atoms with Gasteiger partial charge in [0.2, 0.25) is 0 Å². The maximum absolute atomic E-state index is 5.80. The molecule has 3 heterocycles. The highest BCUT2D eigenvalue weighted by molar-refractivity contribution is 6.05. The van der Waals surface area contributed by atoms with Crippen molar-refractivity contribution in [3.8, 4) is 28.3 Å². The third-order valence-corrected chi connectivity index (χ3v) is 5.70. The highest BCUT2D eigenvalue weighted by Crippen LogP contribution is 2.39. The fourth-order valence-electron chi connectivity index (χ4n) is 4.26. The fraction of sp³-hybridized carbons (Fsp3) is 0.208. The zero-order valence-corrected chi connectivity index (χ0v) is 18.1. The van der Waals surface area contributed by atoms with Gasteiger partial charge in [-0.05, 0) is 57.2 Å². The molecule has 0 unspecified atom stereocenters. The van der Waals surface area contributed by atoms with Crippen LogP contribution in [-0.4, -0.2) is 39.0 Å². The third-order valence-electron chi connectivity index (χ3n) is 5.70. The molecule has 0 fully saturated rings. The molecular formula is C24H23N5O2. The van der Waals surface area contributed by atoms with E-state index in [0.717, 1.165) is 67.5 Å². The van der Waals surface area contributed by atoms with Crippen LogP contribution in [-0.2, 0) is 0 Å². The minimum atomic E-state index is 0.773. The van der Waals surface area contributed by atoms with Gasteiger partial charge in [0.05, 0.1) is 37.1 Å². The van der Waals surface area contributed by atoms with Crippen molar-refractivity contribution >= 4 is 21.9 Å². The summed E-state index contributed by atoms with van der Waals surface area (Å²) in [5.41, 5.74) is 7.66. The zero-order chi connectivity index (χ0) is 21.7. The summed E-state index contributed by atoms with van der Waals surface area (Å²) in [6.45, 7) is 6.00. The molecule has 0 aliphatic carbocycles. The van der Waals surface area contributed by atoms with Crippen molar-refractivity contribution in [3.05, 3.63) is 59.8 Å². The number of hydrogen-bond acceptors (Lipinski definition) is 5. The number of nitrogens with one attached hydrogen (secondary N) is 1. The Morgan fingerprint density at radius 1 is 0.935 bits per heavy atom. The van der Waals surface area contributed by atoms with E-state index in [-0.39, 0.29) is 0 Å². The molecule has 3 aromatic heterocycles. The maximum atomic E-state index is 5.80. The van der Waals surface area contributed by atoms with E-state index in [0.29, 0.717) is 0 Å². The first-order chi connectivity index (χ1) is 15.0. The molecule has 0 spiro atoms. The molecule has 5 aromatic rings. The first kappa shape index (κ1) is 19.1. The average Bonchev–Trinajstić information content (AvgIpc) is 3.30. The average molecular weight is 413 g/mol. The van der Waals surface area contributed by atoms with Gasteiger partial charge in [-0.1, -0.05) is 0 Å². The molecule has 0 saturated carbocycles. The van der Waals surface area contributed by atoms with E-state index in [1.807, 2.05) is 57.3 Å². The molecule has 0 amide bonds. The van der Waals surface area contributed by atoms with Crippen LogP contribution in [0.3, 0.4) is 0 Å². The second-order valence-electron chi connectivity index (χ2n) is 7.56. The van der Waals surface area contributed by atoms with Crippen LogP contribution in [0.1, 0.15) is 17.2 Å². The maximum Gasteiger partial charge on any atom is 0.127 e. The van der Waals surface area contributed by atoms with Gasteiger partial charge in [-0.2, -0.15) is 5.10 Å². The van der Waals surface area contributed by atoms with E-state index in [2.05, 4.69) is 20.8 Å². The van der Waals surface area contributed by atoms with Crippen molar-refractivity contribution in [2.24, 2.45) is 0 Å². The molecular weight excluding hydrogens is 390 g/mol. The number of imidazole rings is 1. The second kappa shape index (κ2) is 7.12. The standard InChI is InChI=1S/C24H23N5O2/c1-13-23(14(2)28-27-13)19-10-20-18(11-22(19)31-5)24-21(12-25-20)26-15(3)29(24)16-6-8-17(30-4)9-7-16/h6-12H,1-5H3,(H,27,28). The van der Waals surface area contributed by atoms with E-state index in [1.54, 1.807) is 14.2 Å². The SMILES string of the molecule is COc1ccc(-n2c(C)nc3cnc4cc(-c5c(C)n[nH]c5C)c(OC)cc4c32)cc1. The highest BCUT2D eigenvalue weighted by Gasteiger charge is 2.19. The van der Waals surface area contributed by atoms with Gasteiger partial charge in [0, 0.05) is 27.9 Å². The van der Waals surface area contributed by atoms with E-state index in [4.69, 9.17) is 19.4 Å². The summed E-state index contributed by atoms with van der Waals surface area (Å²) in [5.74, 6) is 2.48. The first-order valence-electron chi connectivity index (χ1n) is 10.0. The molecule has 7 nitrogen and oxygen atoms in total. The Morgan fingerprint density at radius 2 is 1.71 bits per heavy atom. The van der Waals surface area contributed by atoms with Gasteiger partial charge in [0.25, 0.3) is 0 Å². The summed E-state index contributed by atoms with van der Waals surface area (Å²) in [7, 11) is 3.36. The van der Waals surface area contributed by atoms with E-state index < -0.39 is 0 Å². The molecule has 31 heavy (non-hydrogen) atoms. The third kappa shape index (κ3) is 2.92. The monoisotopic (exact) mass is 413 g/mol. The molecule has 2 aromatic carbocycles. The topological polar surface area (TPSA) is 77.9 Å². The molecule has 0 aliphatic heterocycles. The highest BCUT2D eigenvalue weighted by atomic mass is 16.5. The van der Waals surface area contributed by atoms with Gasteiger partial charge in [0.15, 0.2) is 0 Å². The number of aromatic nitrogens is 5. The zero-order valence-electron chi connectivity index (χ0n) is 18.1. The normalized spacial score (nSPS) is 11.4. The van der Waals surface area contributed by atoms with Gasteiger partial charge in [0.1, 0.15) is 22.8 Å². The Bertz CT molecular complexity index is 1410. The summed E-state index contributed by atoms with van der Waals surface area (Å²) in [6, 6.07) is 12.1. The number of aryl methyl sites for hydroxylation is 3. The summed E-state index contributed by atoms with van der Waals surface area (Å²) >= 11 is 0. The molecule has 5 rings (SSSR count). The lowest BCUT2D eigenvalue weighted by Gasteiger charge is -2.13. The lowest BCUT2D eigenvalue weighted by Crippen LogP contribution is -1.98. The Balaban J connectivity index is 1.82. The number of methoxy groups -OCH3 is 2. The van der Waals surface area contributed by atoms with Crippen LogP contribution < -0.4 is 9.47 Å². The molecule has 0 radical (unpaired) electrons. The van der Waals surface area contributed by atoms with Gasteiger partial charge in [-0.3, -0.25) is 14.6 Å². The van der Waals surface area contributed by atoms with Crippen molar-refractivity contribution in [1.82, 2.24) is 24.7 Å². The molecule has 0 aliphatic rings. The Morgan fingerprint density at radius 3 is 2.35 bits per heavy atom. The quantitative estimate of drug-likeness (QED) is 0.453. The number of pyridine rings is 1. The molecule has 0 saturated heterocycles. The van der Waals surface area contributed by atoms with Crippen LogP contribution in [0.2, 0.25) is 0 Å². The van der Waals surface area contributed by atoms with Crippen molar-refractivity contribution < 1.29 is 9.47 Å². The van der Waals surface area contributed by atoms with Gasteiger partial charge in [-0.15, -0.1) is 0 Å². The molecule has 0 bridgehead atoms. The number of rotatable bonds is 4. The summed E-state index contributed by atoms with van der Waals surface area (Å²) < 4.78 is 13.3. The predicted octanol–water partition coefficient (Wildman–Crippen LogP) is 4.91. The number of aromatic amines is 1. The molecule has 7 heteroatoms. The van der Waals surface area contributed by atoms with E-state index in [1.165, 1.54) is 0 Å². The van der Waals surface area contributed by atoms with Crippen LogP contribution in [0.5, 0.6) is 11.5 Å². The lowest BCUT2D eigenvalue weighted by atomic mass is 10.00. The number of H-pyrrole nitrogens is 1. The Kier molecular flexibility index (Phi) is 4.39. The van der Waals surface area contributed by atoms with Crippen LogP contribution in [0.25, 0.3) is 38.8 Å². The fourth-order valence-corrected chi connectivity index (χ4v) is 4.26. The van der Waals surface area contributed by atoms with Crippen LogP contribution in [0.4, 0.5) is 0 Å². The van der Waals surface area contributed by atoms with Crippen LogP contribution >= 0.6 is 0 Å². The van der Waals surface area contributed by atoms with Gasteiger partial charge >= 0.3 is 0 Å². The van der Waals surface area contributed by atoms with E-state index in [9.17, 15) is 0 Å². The number of fused-ring (bicyclic) bond motifs is 3. The van der Waals surface area contributed by atoms with Gasteiger partial charge < -0.3 is 9.47 Å². The molecule has 1 N–H and O–H groups in total. The van der Waals surface area contributed by atoms with E-state index >= 15 is 0 Å². The van der Waals surface area contributed by atoms with Gasteiger partial charge in [-0.25, -0.2) is 4.98 Å². The summed E-state index contributed by atoms with van der Waals surface area (Å²) in [5, 5.41) is 8.38. The van der Waals surface area contributed by atoms with Crippen LogP contribution in [0, 0.1) is 20.8 Å². The smallest absolute Gasteiger partial charge is 0.127 e. The van der Waals surface area contributed by atoms with Crippen molar-refractivity contribution in [1.29, 1.82) is 0 Å². The number of nitrogens with zero attached hydrogens (tertiary/aromatic N) is 4. The van der Waals surface area contributed by atoms with Crippen LogP contribution in [0.15, 0.2) is 42.6 Å². The predicted molar refractivity (Wildman–Crippen MR) is 121 cm³/mol. The van der Waals surface area contributed by atoms with Crippen molar-refractivity contribution in [2.45, 2.75) is 20.8 Å².